The van der Waals surface area contributed by atoms with Gasteiger partial charge in [-0.1, -0.05) is 0 Å². The molecule has 1 unspecified atom stereocenters. The number of nitrogens with one attached hydrogen (secondary N) is 1. The van der Waals surface area contributed by atoms with Crippen molar-refractivity contribution in [1.29, 1.82) is 0 Å². The molecule has 8 heteroatoms. The van der Waals surface area contributed by atoms with Crippen LogP contribution >= 0.6 is 0 Å². The van der Waals surface area contributed by atoms with Gasteiger partial charge in [0.1, 0.15) is 5.82 Å². The first-order valence-electron chi connectivity index (χ1n) is 7.00. The van der Waals surface area contributed by atoms with E-state index in [0.29, 0.717) is 37.1 Å². The van der Waals surface area contributed by atoms with E-state index in [0.717, 1.165) is 0 Å². The third-order valence-electron chi connectivity index (χ3n) is 3.62. The molecule has 3 heterocycles. The predicted molar refractivity (Wildman–Crippen MR) is 77.4 cm³/mol. The van der Waals surface area contributed by atoms with Gasteiger partial charge in [0.2, 0.25) is 0 Å². The molecule has 1 amide bonds. The van der Waals surface area contributed by atoms with Crippen molar-refractivity contribution >= 4 is 5.91 Å². The van der Waals surface area contributed by atoms with Gasteiger partial charge in [-0.2, -0.15) is 0 Å². The minimum atomic E-state index is -0.390. The van der Waals surface area contributed by atoms with Gasteiger partial charge >= 0.3 is 0 Å². The lowest BCUT2D eigenvalue weighted by Crippen LogP contribution is -2.44. The molecule has 1 aliphatic rings. The summed E-state index contributed by atoms with van der Waals surface area (Å²) in [5.41, 5.74) is 0.293. The zero-order chi connectivity index (χ0) is 15.7. The normalized spacial score (nSPS) is 18.5. The number of carbonyl (C=O) groups excluding carboxylic acids is 1. The Morgan fingerprint density at radius 1 is 1.50 bits per heavy atom. The summed E-state index contributed by atoms with van der Waals surface area (Å²) < 4.78 is 7.14. The van der Waals surface area contributed by atoms with Gasteiger partial charge in [0.05, 0.1) is 24.9 Å². The molecular weight excluding hydrogens is 286 g/mol. The monoisotopic (exact) mass is 303 g/mol. The van der Waals surface area contributed by atoms with Gasteiger partial charge in [0.25, 0.3) is 11.5 Å². The maximum absolute atomic E-state index is 12.7. The summed E-state index contributed by atoms with van der Waals surface area (Å²) in [6, 6.07) is 1.02. The molecule has 2 aromatic heterocycles. The number of hydrogen-bond donors (Lipinski definition) is 1. The van der Waals surface area contributed by atoms with E-state index in [2.05, 4.69) is 15.0 Å². The summed E-state index contributed by atoms with van der Waals surface area (Å²) in [5.74, 6) is 0.673. The third kappa shape index (κ3) is 2.64. The second-order valence-electron chi connectivity index (χ2n) is 5.21. The number of nitrogens with zero attached hydrogens (tertiary/aromatic N) is 4. The number of imidazole rings is 1. The average Bonchev–Trinajstić information content (AvgIpc) is 2.91. The fraction of sp³-hybridized carbons (Fsp3) is 0.429. The minimum Gasteiger partial charge on any atom is -0.377 e. The standard InChI is InChI=1S/C14H17N5O3/c1-9-16-10(7-12(20)17-9)11-8-22-6-5-19(11)14(21)13-15-3-4-18(13)2/h3-4,7,11H,5-6,8H2,1-2H3,(H,16,17,20). The quantitative estimate of drug-likeness (QED) is 0.844. The zero-order valence-electron chi connectivity index (χ0n) is 12.4. The molecule has 0 aliphatic carbocycles. The van der Waals surface area contributed by atoms with Crippen LogP contribution in [0.1, 0.15) is 28.2 Å². The summed E-state index contributed by atoms with van der Waals surface area (Å²) in [6.07, 6.45) is 3.30. The molecular formula is C14H17N5O3. The van der Waals surface area contributed by atoms with Crippen LogP contribution in [0.2, 0.25) is 0 Å². The van der Waals surface area contributed by atoms with E-state index in [9.17, 15) is 9.59 Å². The first kappa shape index (κ1) is 14.5. The molecule has 1 aliphatic heterocycles. The van der Waals surface area contributed by atoms with Gasteiger partial charge in [-0.3, -0.25) is 9.59 Å². The third-order valence-corrected chi connectivity index (χ3v) is 3.62. The topological polar surface area (TPSA) is 93.1 Å². The highest BCUT2D eigenvalue weighted by atomic mass is 16.5. The van der Waals surface area contributed by atoms with E-state index in [1.54, 1.807) is 35.8 Å². The van der Waals surface area contributed by atoms with Crippen LogP contribution in [0.25, 0.3) is 0 Å². The molecule has 0 saturated carbocycles. The van der Waals surface area contributed by atoms with Gasteiger partial charge in [-0.15, -0.1) is 0 Å². The highest BCUT2D eigenvalue weighted by Crippen LogP contribution is 2.23. The molecule has 0 radical (unpaired) electrons. The van der Waals surface area contributed by atoms with Crippen LogP contribution in [0.15, 0.2) is 23.3 Å². The summed E-state index contributed by atoms with van der Waals surface area (Å²) in [4.78, 5) is 37.1. The van der Waals surface area contributed by atoms with Crippen molar-refractivity contribution in [3.8, 4) is 0 Å². The summed E-state index contributed by atoms with van der Waals surface area (Å²) in [6.45, 7) is 2.91. The number of morpholine rings is 1. The number of hydrogen-bond acceptors (Lipinski definition) is 5. The molecule has 116 valence electrons. The highest BCUT2D eigenvalue weighted by molar-refractivity contribution is 5.91. The van der Waals surface area contributed by atoms with Crippen molar-refractivity contribution in [2.45, 2.75) is 13.0 Å². The molecule has 1 atom stereocenters. The Morgan fingerprint density at radius 2 is 2.32 bits per heavy atom. The van der Waals surface area contributed by atoms with Crippen molar-refractivity contribution < 1.29 is 9.53 Å². The Morgan fingerprint density at radius 3 is 3.00 bits per heavy atom. The molecule has 0 aromatic carbocycles. The molecule has 22 heavy (non-hydrogen) atoms. The second kappa shape index (κ2) is 5.72. The number of carbonyl (C=O) groups is 1. The minimum absolute atomic E-state index is 0.194. The number of aryl methyl sites for hydroxylation is 2. The SMILES string of the molecule is Cc1nc(C2COCCN2C(=O)c2nccn2C)cc(=O)[nH]1. The molecule has 1 N–H and O–H groups in total. The number of aromatic amines is 1. The molecule has 1 saturated heterocycles. The van der Waals surface area contributed by atoms with Gasteiger partial charge in [0.15, 0.2) is 5.82 Å². The zero-order valence-corrected chi connectivity index (χ0v) is 12.4. The number of aromatic nitrogens is 4. The van der Waals surface area contributed by atoms with Crippen LogP contribution < -0.4 is 5.56 Å². The van der Waals surface area contributed by atoms with Crippen molar-refractivity contribution in [3.63, 3.8) is 0 Å². The lowest BCUT2D eigenvalue weighted by atomic mass is 10.1. The van der Waals surface area contributed by atoms with E-state index in [1.165, 1.54) is 6.07 Å². The molecule has 2 aromatic rings. The molecule has 1 fully saturated rings. The van der Waals surface area contributed by atoms with Gasteiger partial charge in [0, 0.05) is 32.1 Å². The first-order chi connectivity index (χ1) is 10.6. The van der Waals surface area contributed by atoms with Gasteiger partial charge in [-0.25, -0.2) is 9.97 Å². The van der Waals surface area contributed by atoms with Crippen LogP contribution in [0, 0.1) is 6.92 Å². The Balaban J connectivity index is 1.96. The second-order valence-corrected chi connectivity index (χ2v) is 5.21. The lowest BCUT2D eigenvalue weighted by Gasteiger charge is -2.34. The average molecular weight is 303 g/mol. The van der Waals surface area contributed by atoms with Crippen LogP contribution in [-0.2, 0) is 11.8 Å². The van der Waals surface area contributed by atoms with Crippen molar-refractivity contribution in [2.75, 3.05) is 19.8 Å². The number of ether oxygens (including phenoxy) is 1. The maximum atomic E-state index is 12.7. The Bertz CT molecular complexity index is 751. The van der Waals surface area contributed by atoms with E-state index < -0.39 is 0 Å². The van der Waals surface area contributed by atoms with E-state index >= 15 is 0 Å². The molecule has 8 nitrogen and oxygen atoms in total. The maximum Gasteiger partial charge on any atom is 0.290 e. The smallest absolute Gasteiger partial charge is 0.290 e. The van der Waals surface area contributed by atoms with Crippen LogP contribution in [0.3, 0.4) is 0 Å². The lowest BCUT2D eigenvalue weighted by molar-refractivity contribution is -0.00483. The van der Waals surface area contributed by atoms with Crippen molar-refractivity contribution in [1.82, 2.24) is 24.4 Å². The Kier molecular flexibility index (Phi) is 3.76. The fourth-order valence-electron chi connectivity index (χ4n) is 2.57. The van der Waals surface area contributed by atoms with Crippen molar-refractivity contribution in [3.05, 3.63) is 46.2 Å². The largest absolute Gasteiger partial charge is 0.377 e. The summed E-state index contributed by atoms with van der Waals surface area (Å²) >= 11 is 0. The van der Waals surface area contributed by atoms with E-state index in [4.69, 9.17) is 4.74 Å². The number of amides is 1. The van der Waals surface area contributed by atoms with E-state index in [1.807, 2.05) is 0 Å². The number of rotatable bonds is 2. The highest BCUT2D eigenvalue weighted by Gasteiger charge is 2.32. The Labute approximate surface area is 126 Å². The van der Waals surface area contributed by atoms with Gasteiger partial charge < -0.3 is 19.2 Å². The fourth-order valence-corrected chi connectivity index (χ4v) is 2.57. The van der Waals surface area contributed by atoms with Crippen LogP contribution in [0.5, 0.6) is 0 Å². The van der Waals surface area contributed by atoms with E-state index in [-0.39, 0.29) is 17.5 Å². The molecule has 0 bridgehead atoms. The summed E-state index contributed by atoms with van der Waals surface area (Å²) in [5, 5.41) is 0. The predicted octanol–water partition coefficient (Wildman–Crippen LogP) is 0.0255. The number of H-pyrrole nitrogens is 1. The van der Waals surface area contributed by atoms with Crippen molar-refractivity contribution in [2.24, 2.45) is 7.05 Å². The Hall–Kier alpha value is -2.48. The van der Waals surface area contributed by atoms with Crippen LogP contribution in [0.4, 0.5) is 0 Å². The summed E-state index contributed by atoms with van der Waals surface area (Å²) in [7, 11) is 1.77. The first-order valence-corrected chi connectivity index (χ1v) is 7.00. The molecule has 3 rings (SSSR count). The molecule has 0 spiro atoms. The van der Waals surface area contributed by atoms with Gasteiger partial charge in [-0.05, 0) is 6.92 Å². The van der Waals surface area contributed by atoms with Crippen LogP contribution in [-0.4, -0.2) is 50.1 Å².